The van der Waals surface area contributed by atoms with Crippen LogP contribution in [0.2, 0.25) is 0 Å². The quantitative estimate of drug-likeness (QED) is 0.484. The molecule has 11 heteroatoms. The van der Waals surface area contributed by atoms with Crippen molar-refractivity contribution in [3.05, 3.63) is 41.9 Å². The Morgan fingerprint density at radius 3 is 2.69 bits per heavy atom. The molecule has 0 spiro atoms. The van der Waals surface area contributed by atoms with Gasteiger partial charge in [0, 0.05) is 43.9 Å². The molecular weight excluding hydrogens is 452 g/mol. The summed E-state index contributed by atoms with van der Waals surface area (Å²) < 4.78 is 18.5. The molecule has 3 aromatic rings. The summed E-state index contributed by atoms with van der Waals surface area (Å²) in [6.45, 7) is 6.49. The van der Waals surface area contributed by atoms with Gasteiger partial charge in [0.15, 0.2) is 11.5 Å². The van der Waals surface area contributed by atoms with E-state index in [2.05, 4.69) is 20.0 Å². The van der Waals surface area contributed by atoms with E-state index in [4.69, 9.17) is 14.2 Å². The molecule has 2 aromatic heterocycles. The number of benzene rings is 1. The number of piperazine rings is 1. The molecule has 1 atom stereocenters. The van der Waals surface area contributed by atoms with E-state index in [-0.39, 0.29) is 24.9 Å². The number of hydrogen-bond acceptors (Lipinski definition) is 9. The Morgan fingerprint density at radius 1 is 1.14 bits per heavy atom. The first-order chi connectivity index (χ1) is 17.0. The first-order valence-electron chi connectivity index (χ1n) is 11.8. The molecule has 2 aliphatic rings. The first-order valence-corrected chi connectivity index (χ1v) is 11.8. The molecule has 11 nitrogen and oxygen atoms in total. The van der Waals surface area contributed by atoms with Crippen LogP contribution in [0, 0.1) is 6.92 Å². The lowest BCUT2D eigenvalue weighted by atomic mass is 10.1. The van der Waals surface area contributed by atoms with Crippen LogP contribution in [0.15, 0.2) is 30.6 Å². The minimum absolute atomic E-state index is 0.0847. The summed E-state index contributed by atoms with van der Waals surface area (Å²) in [6.07, 6.45) is 1.54. The summed E-state index contributed by atoms with van der Waals surface area (Å²) in [6, 6.07) is 7.36. The molecule has 4 heterocycles. The van der Waals surface area contributed by atoms with Crippen LogP contribution in [-0.2, 0) is 20.7 Å². The standard InChI is InChI=1S/C24H28N6O5/c1-3-33-21(31)9-8-17-16(2)27-24-25-15-26-30(24)22(17)28-10-12-29(13-11-28)23(32)20-14-34-18-6-4-5-7-19(18)35-20/h4-7,15,20H,3,8-14H2,1-2H3. The summed E-state index contributed by atoms with van der Waals surface area (Å²) >= 11 is 0. The number of nitrogens with zero attached hydrogens (tertiary/aromatic N) is 6. The van der Waals surface area contributed by atoms with Crippen molar-refractivity contribution in [2.24, 2.45) is 0 Å². The van der Waals surface area contributed by atoms with Crippen LogP contribution in [0.25, 0.3) is 5.78 Å². The van der Waals surface area contributed by atoms with E-state index in [1.807, 2.05) is 30.0 Å². The van der Waals surface area contributed by atoms with Gasteiger partial charge in [0.2, 0.25) is 6.10 Å². The molecule has 1 fully saturated rings. The number of ether oxygens (including phenoxy) is 3. The Balaban J connectivity index is 1.31. The SMILES string of the molecule is CCOC(=O)CCc1c(C)nc2ncnn2c1N1CCN(C(=O)C2COc3ccccc3O2)CC1. The van der Waals surface area contributed by atoms with Crippen LogP contribution in [0.5, 0.6) is 11.5 Å². The zero-order valence-electron chi connectivity index (χ0n) is 19.8. The summed E-state index contributed by atoms with van der Waals surface area (Å²) in [5.74, 6) is 2.26. The molecule has 1 saturated heterocycles. The second-order valence-electron chi connectivity index (χ2n) is 8.45. The Morgan fingerprint density at radius 2 is 1.91 bits per heavy atom. The number of esters is 1. The van der Waals surface area contributed by atoms with Gasteiger partial charge >= 0.3 is 5.97 Å². The average molecular weight is 481 g/mol. The highest BCUT2D eigenvalue weighted by Crippen LogP contribution is 2.32. The van der Waals surface area contributed by atoms with Gasteiger partial charge in [-0.15, -0.1) is 0 Å². The van der Waals surface area contributed by atoms with Crippen LogP contribution in [0.4, 0.5) is 5.82 Å². The molecule has 184 valence electrons. The van der Waals surface area contributed by atoms with Crippen LogP contribution in [0.3, 0.4) is 0 Å². The van der Waals surface area contributed by atoms with E-state index in [0.717, 1.165) is 17.1 Å². The molecule has 0 bridgehead atoms. The number of hydrogen-bond donors (Lipinski definition) is 0. The van der Waals surface area contributed by atoms with Gasteiger partial charge in [-0.3, -0.25) is 9.59 Å². The van der Waals surface area contributed by atoms with E-state index in [1.54, 1.807) is 17.5 Å². The van der Waals surface area contributed by atoms with Crippen LogP contribution in [-0.4, -0.2) is 81.9 Å². The van der Waals surface area contributed by atoms with Crippen molar-refractivity contribution in [1.29, 1.82) is 0 Å². The normalized spacial score (nSPS) is 17.5. The van der Waals surface area contributed by atoms with Gasteiger partial charge in [-0.1, -0.05) is 12.1 Å². The number of carbonyl (C=O) groups is 2. The third kappa shape index (κ3) is 4.58. The number of anilines is 1. The number of aromatic nitrogens is 4. The lowest BCUT2D eigenvalue weighted by Crippen LogP contribution is -2.54. The molecule has 1 aromatic carbocycles. The minimum atomic E-state index is -0.665. The Bertz CT molecular complexity index is 1240. The average Bonchev–Trinajstić information content (AvgIpc) is 3.34. The second kappa shape index (κ2) is 9.77. The van der Waals surface area contributed by atoms with E-state index in [9.17, 15) is 9.59 Å². The summed E-state index contributed by atoms with van der Waals surface area (Å²) in [4.78, 5) is 38.0. The van der Waals surface area contributed by atoms with Crippen molar-refractivity contribution in [3.63, 3.8) is 0 Å². The Kier molecular flexibility index (Phi) is 6.39. The van der Waals surface area contributed by atoms with E-state index in [0.29, 0.717) is 56.5 Å². The highest BCUT2D eigenvalue weighted by Gasteiger charge is 2.33. The number of para-hydroxylation sites is 2. The highest BCUT2D eigenvalue weighted by molar-refractivity contribution is 5.82. The number of fused-ring (bicyclic) bond motifs is 2. The first kappa shape index (κ1) is 22.9. The van der Waals surface area contributed by atoms with Gasteiger partial charge in [0.05, 0.1) is 6.61 Å². The fourth-order valence-corrected chi connectivity index (χ4v) is 4.53. The third-order valence-corrected chi connectivity index (χ3v) is 6.26. The largest absolute Gasteiger partial charge is 0.485 e. The Hall–Kier alpha value is -3.89. The summed E-state index contributed by atoms with van der Waals surface area (Å²) in [7, 11) is 0. The van der Waals surface area contributed by atoms with Crippen molar-refractivity contribution in [1.82, 2.24) is 24.5 Å². The van der Waals surface area contributed by atoms with Gasteiger partial charge in [-0.25, -0.2) is 4.98 Å². The molecule has 0 aliphatic carbocycles. The number of aryl methyl sites for hydroxylation is 1. The molecule has 5 rings (SSSR count). The minimum Gasteiger partial charge on any atom is -0.485 e. The van der Waals surface area contributed by atoms with Crippen LogP contribution >= 0.6 is 0 Å². The van der Waals surface area contributed by atoms with Gasteiger partial charge in [-0.2, -0.15) is 14.6 Å². The maximum Gasteiger partial charge on any atom is 0.306 e. The predicted octanol–water partition coefficient (Wildman–Crippen LogP) is 1.42. The monoisotopic (exact) mass is 480 g/mol. The van der Waals surface area contributed by atoms with Crippen molar-refractivity contribution >= 4 is 23.5 Å². The number of carbonyl (C=O) groups excluding carboxylic acids is 2. The zero-order valence-corrected chi connectivity index (χ0v) is 19.8. The van der Waals surface area contributed by atoms with Gasteiger partial charge < -0.3 is 24.0 Å². The smallest absolute Gasteiger partial charge is 0.306 e. The predicted molar refractivity (Wildman–Crippen MR) is 126 cm³/mol. The maximum atomic E-state index is 13.2. The summed E-state index contributed by atoms with van der Waals surface area (Å²) in [5.41, 5.74) is 1.73. The molecule has 1 amide bonds. The molecule has 0 radical (unpaired) electrons. The van der Waals surface area contributed by atoms with Crippen molar-refractivity contribution < 1.29 is 23.8 Å². The molecule has 1 unspecified atom stereocenters. The van der Waals surface area contributed by atoms with Crippen molar-refractivity contribution in [2.75, 3.05) is 44.3 Å². The topological polar surface area (TPSA) is 111 Å². The highest BCUT2D eigenvalue weighted by atomic mass is 16.6. The third-order valence-electron chi connectivity index (χ3n) is 6.26. The van der Waals surface area contributed by atoms with Gasteiger partial charge in [0.25, 0.3) is 11.7 Å². The molecule has 0 N–H and O–H groups in total. The van der Waals surface area contributed by atoms with Gasteiger partial charge in [0.1, 0.15) is 18.8 Å². The van der Waals surface area contributed by atoms with Crippen LogP contribution < -0.4 is 14.4 Å². The number of amides is 1. The zero-order chi connectivity index (χ0) is 24.4. The Labute approximate surface area is 202 Å². The molecule has 0 saturated carbocycles. The second-order valence-corrected chi connectivity index (χ2v) is 8.45. The summed E-state index contributed by atoms with van der Waals surface area (Å²) in [5, 5.41) is 4.38. The molecule has 35 heavy (non-hydrogen) atoms. The fraction of sp³-hybridized carbons (Fsp3) is 0.458. The fourth-order valence-electron chi connectivity index (χ4n) is 4.53. The van der Waals surface area contributed by atoms with Gasteiger partial charge in [-0.05, 0) is 32.4 Å². The lowest BCUT2D eigenvalue weighted by molar-refractivity contribution is -0.143. The van der Waals surface area contributed by atoms with Crippen molar-refractivity contribution in [3.8, 4) is 11.5 Å². The van der Waals surface area contributed by atoms with Crippen LogP contribution in [0.1, 0.15) is 24.6 Å². The van der Waals surface area contributed by atoms with E-state index in [1.165, 1.54) is 6.33 Å². The number of rotatable bonds is 6. The molecule has 2 aliphatic heterocycles. The van der Waals surface area contributed by atoms with E-state index >= 15 is 0 Å². The van der Waals surface area contributed by atoms with Crippen molar-refractivity contribution in [2.45, 2.75) is 32.8 Å². The lowest BCUT2D eigenvalue weighted by Gasteiger charge is -2.38. The van der Waals surface area contributed by atoms with E-state index < -0.39 is 6.10 Å². The maximum absolute atomic E-state index is 13.2. The molecular formula is C24H28N6O5.